The molecule has 2 bridgehead atoms. The molecule has 4 aliphatic rings. The van der Waals surface area contributed by atoms with E-state index in [-0.39, 0.29) is 23.8 Å². The Kier molecular flexibility index (Phi) is 8.57. The van der Waals surface area contributed by atoms with Gasteiger partial charge in [0.25, 0.3) is 0 Å². The number of nitrogens with one attached hydrogen (secondary N) is 2. The number of carbonyl (C=O) groups excluding carboxylic acids is 3. The fraction of sp³-hybridized carbons (Fsp3) is 0.621. The number of likely N-dealkylation sites (N-methyl/N-ethyl adjacent to an activating group) is 1. The summed E-state index contributed by atoms with van der Waals surface area (Å²) in [6, 6.07) is 4.14. The smallest absolute Gasteiger partial charge is 0.246 e. The van der Waals surface area contributed by atoms with Crippen molar-refractivity contribution in [2.45, 2.75) is 75.7 Å². The SMILES string of the molecule is CCCCN(C)CCN1C(=O)[C@@H]2C(C(=O)Nc3ccc(Cl)c(Cl)c3)[C@@H]3C=CC2(O3)C1C(=O)NC1CCCCC1. The van der Waals surface area contributed by atoms with Crippen molar-refractivity contribution in [2.24, 2.45) is 11.8 Å². The molecule has 212 valence electrons. The van der Waals surface area contributed by atoms with Crippen molar-refractivity contribution in [3.63, 3.8) is 0 Å². The number of benzene rings is 1. The molecule has 3 aliphatic heterocycles. The van der Waals surface area contributed by atoms with Gasteiger partial charge in [0.1, 0.15) is 11.6 Å². The summed E-state index contributed by atoms with van der Waals surface area (Å²) in [5.41, 5.74) is -0.677. The molecule has 5 atom stereocenters. The monoisotopic (exact) mass is 576 g/mol. The number of rotatable bonds is 10. The van der Waals surface area contributed by atoms with E-state index in [4.69, 9.17) is 27.9 Å². The molecule has 1 aromatic carbocycles. The summed E-state index contributed by atoms with van der Waals surface area (Å²) in [5.74, 6) is -2.27. The minimum atomic E-state index is -1.16. The van der Waals surface area contributed by atoms with E-state index in [1.54, 1.807) is 23.1 Å². The Morgan fingerprint density at radius 2 is 1.90 bits per heavy atom. The van der Waals surface area contributed by atoms with Gasteiger partial charge in [-0.3, -0.25) is 14.4 Å². The van der Waals surface area contributed by atoms with Gasteiger partial charge in [-0.05, 0) is 51.1 Å². The van der Waals surface area contributed by atoms with Crippen molar-refractivity contribution in [1.82, 2.24) is 15.1 Å². The average molecular weight is 578 g/mol. The second kappa shape index (κ2) is 11.8. The van der Waals surface area contributed by atoms with Gasteiger partial charge in [0, 0.05) is 24.8 Å². The first-order valence-electron chi connectivity index (χ1n) is 14.2. The van der Waals surface area contributed by atoms with Crippen molar-refractivity contribution in [3.8, 4) is 0 Å². The summed E-state index contributed by atoms with van der Waals surface area (Å²) in [4.78, 5) is 45.4. The lowest BCUT2D eigenvalue weighted by molar-refractivity contribution is -0.141. The van der Waals surface area contributed by atoms with Gasteiger partial charge in [0.15, 0.2) is 0 Å². The zero-order valence-electron chi connectivity index (χ0n) is 22.6. The largest absolute Gasteiger partial charge is 0.359 e. The van der Waals surface area contributed by atoms with E-state index in [9.17, 15) is 14.4 Å². The van der Waals surface area contributed by atoms with Gasteiger partial charge >= 0.3 is 0 Å². The summed E-state index contributed by atoms with van der Waals surface area (Å²) < 4.78 is 6.44. The molecule has 3 unspecified atom stereocenters. The predicted octanol–water partition coefficient (Wildman–Crippen LogP) is 4.26. The van der Waals surface area contributed by atoms with Crippen LogP contribution in [0.5, 0.6) is 0 Å². The second-order valence-corrected chi connectivity index (χ2v) is 12.2. The predicted molar refractivity (Wildman–Crippen MR) is 152 cm³/mol. The number of halogens is 2. The van der Waals surface area contributed by atoms with Crippen molar-refractivity contribution < 1.29 is 19.1 Å². The Labute approximate surface area is 240 Å². The molecule has 3 heterocycles. The molecule has 3 amide bonds. The highest BCUT2D eigenvalue weighted by Gasteiger charge is 2.72. The van der Waals surface area contributed by atoms with E-state index in [0.717, 1.165) is 45.1 Å². The van der Waals surface area contributed by atoms with E-state index < -0.39 is 29.6 Å². The van der Waals surface area contributed by atoms with Crippen LogP contribution in [0.2, 0.25) is 10.0 Å². The van der Waals surface area contributed by atoms with Gasteiger partial charge in [-0.1, -0.05) is 68.0 Å². The molecule has 10 heteroatoms. The molecule has 1 aliphatic carbocycles. The molecule has 39 heavy (non-hydrogen) atoms. The van der Waals surface area contributed by atoms with Gasteiger partial charge in [0.2, 0.25) is 17.7 Å². The second-order valence-electron chi connectivity index (χ2n) is 11.4. The molecule has 3 fully saturated rings. The summed E-state index contributed by atoms with van der Waals surface area (Å²) >= 11 is 12.2. The summed E-state index contributed by atoms with van der Waals surface area (Å²) in [6.07, 6.45) is 10.5. The van der Waals surface area contributed by atoms with E-state index in [1.807, 2.05) is 19.2 Å². The molecule has 0 radical (unpaired) electrons. The highest BCUT2D eigenvalue weighted by Crippen LogP contribution is 2.55. The molecule has 2 N–H and O–H groups in total. The Morgan fingerprint density at radius 1 is 1.13 bits per heavy atom. The lowest BCUT2D eigenvalue weighted by Crippen LogP contribution is -2.57. The van der Waals surface area contributed by atoms with Crippen LogP contribution in [-0.2, 0) is 19.1 Å². The molecule has 8 nitrogen and oxygen atoms in total. The van der Waals surface area contributed by atoms with Crippen LogP contribution in [-0.4, -0.2) is 78.0 Å². The number of likely N-dealkylation sites (tertiary alicyclic amines) is 1. The molecular weight excluding hydrogens is 539 g/mol. The number of hydrogen-bond acceptors (Lipinski definition) is 5. The van der Waals surface area contributed by atoms with Gasteiger partial charge in [-0.2, -0.15) is 0 Å². The number of anilines is 1. The number of nitrogens with zero attached hydrogens (tertiary/aromatic N) is 2. The normalized spacial score (nSPS) is 29.8. The number of fused-ring (bicyclic) bond motifs is 1. The van der Waals surface area contributed by atoms with Crippen LogP contribution in [0.3, 0.4) is 0 Å². The van der Waals surface area contributed by atoms with Crippen molar-refractivity contribution in [2.75, 3.05) is 32.0 Å². The fourth-order valence-electron chi connectivity index (χ4n) is 6.65. The summed E-state index contributed by atoms with van der Waals surface area (Å²) in [5, 5.41) is 6.83. The Hall–Kier alpha value is -2.13. The maximum Gasteiger partial charge on any atom is 0.246 e. The van der Waals surface area contributed by atoms with Crippen molar-refractivity contribution in [3.05, 3.63) is 40.4 Å². The minimum absolute atomic E-state index is 0.0993. The first-order valence-corrected chi connectivity index (χ1v) is 14.9. The molecule has 1 spiro atoms. The molecule has 0 aromatic heterocycles. The van der Waals surface area contributed by atoms with E-state index in [2.05, 4.69) is 22.5 Å². The Bertz CT molecular complexity index is 1140. The standard InChI is InChI=1S/C29H38Cl2N4O4/c1-3-4-14-34(2)15-16-35-25(27(37)32-18-8-6-5-7-9-18)29-13-12-22(39-29)23(24(29)28(35)38)26(36)33-19-10-11-20(30)21(31)17-19/h10-13,17-18,22-25H,3-9,14-16H2,1-2H3,(H,32,37)(H,33,36)/t22-,23?,24-,25?,29?/m0/s1. The van der Waals surface area contributed by atoms with Gasteiger partial charge in [0.05, 0.1) is 28.0 Å². The Balaban J connectivity index is 1.40. The maximum atomic E-state index is 14.1. The zero-order valence-corrected chi connectivity index (χ0v) is 24.1. The minimum Gasteiger partial charge on any atom is -0.359 e. The van der Waals surface area contributed by atoms with Crippen molar-refractivity contribution >= 4 is 46.6 Å². The first-order chi connectivity index (χ1) is 18.7. The number of hydrogen-bond donors (Lipinski definition) is 2. The van der Waals surface area contributed by atoms with Crippen LogP contribution in [0.25, 0.3) is 0 Å². The lowest BCUT2D eigenvalue weighted by atomic mass is 9.74. The molecule has 5 rings (SSSR count). The average Bonchev–Trinajstić information content (AvgIpc) is 3.56. The number of amides is 3. The van der Waals surface area contributed by atoms with Crippen LogP contribution >= 0.6 is 23.2 Å². The van der Waals surface area contributed by atoms with E-state index >= 15 is 0 Å². The topological polar surface area (TPSA) is 91.0 Å². The molecular formula is C29H38Cl2N4O4. The van der Waals surface area contributed by atoms with E-state index in [1.165, 1.54) is 6.42 Å². The van der Waals surface area contributed by atoms with Gasteiger partial charge in [-0.15, -0.1) is 0 Å². The van der Waals surface area contributed by atoms with Crippen LogP contribution in [0, 0.1) is 11.8 Å². The third kappa shape index (κ3) is 5.45. The fourth-order valence-corrected chi connectivity index (χ4v) is 6.95. The van der Waals surface area contributed by atoms with Gasteiger partial charge < -0.3 is 25.2 Å². The Morgan fingerprint density at radius 3 is 2.62 bits per heavy atom. The van der Waals surface area contributed by atoms with Gasteiger partial charge in [-0.25, -0.2) is 0 Å². The third-order valence-electron chi connectivity index (χ3n) is 8.68. The van der Waals surface area contributed by atoms with Crippen LogP contribution in [0.4, 0.5) is 5.69 Å². The molecule has 1 aromatic rings. The van der Waals surface area contributed by atoms with Crippen LogP contribution in [0.1, 0.15) is 51.9 Å². The highest BCUT2D eigenvalue weighted by molar-refractivity contribution is 6.42. The third-order valence-corrected chi connectivity index (χ3v) is 9.42. The zero-order chi connectivity index (χ0) is 27.7. The molecule has 2 saturated heterocycles. The number of ether oxygens (including phenoxy) is 1. The maximum absolute atomic E-state index is 14.1. The quantitative estimate of drug-likeness (QED) is 0.406. The number of unbranched alkanes of at least 4 members (excludes halogenated alkanes) is 1. The number of carbonyl (C=O) groups is 3. The molecule has 1 saturated carbocycles. The summed E-state index contributed by atoms with van der Waals surface area (Å²) in [6.45, 7) is 4.09. The summed E-state index contributed by atoms with van der Waals surface area (Å²) in [7, 11) is 2.03. The van der Waals surface area contributed by atoms with Crippen LogP contribution in [0.15, 0.2) is 30.4 Å². The van der Waals surface area contributed by atoms with Crippen LogP contribution < -0.4 is 10.6 Å². The highest BCUT2D eigenvalue weighted by atomic mass is 35.5. The van der Waals surface area contributed by atoms with Crippen molar-refractivity contribution in [1.29, 1.82) is 0 Å². The first kappa shape index (κ1) is 28.4. The lowest BCUT2D eigenvalue weighted by Gasteiger charge is -2.34. The van der Waals surface area contributed by atoms with E-state index in [0.29, 0.717) is 28.8 Å².